The number of carbonyl (C=O) groups is 1. The largest absolute Gasteiger partial charge is 0.449 e. The third-order valence-corrected chi connectivity index (χ3v) is 2.56. The van der Waals surface area contributed by atoms with Crippen molar-refractivity contribution in [2.24, 2.45) is 17.6 Å². The fraction of sp³-hybridized carbons (Fsp3) is 0.818. The molecule has 1 atom stereocenters. The molecule has 0 bridgehead atoms. The molecule has 0 heterocycles. The van der Waals surface area contributed by atoms with Crippen LogP contribution in [0.2, 0.25) is 0 Å². The Balaban J connectivity index is 4.16. The molecule has 0 saturated heterocycles. The molecule has 0 aliphatic carbocycles. The molecule has 0 radical (unpaired) electrons. The molecule has 94 valence electrons. The van der Waals surface area contributed by atoms with Crippen molar-refractivity contribution in [2.75, 3.05) is 19.7 Å². The van der Waals surface area contributed by atoms with Crippen molar-refractivity contribution in [2.45, 2.75) is 27.7 Å². The second-order valence-electron chi connectivity index (χ2n) is 4.31. The van der Waals surface area contributed by atoms with Gasteiger partial charge in [0.15, 0.2) is 0 Å². The number of carbonyl (C=O) groups excluding carboxylic acids is 1. The summed E-state index contributed by atoms with van der Waals surface area (Å²) >= 11 is 4.88. The van der Waals surface area contributed by atoms with Crippen LogP contribution in [0.3, 0.4) is 0 Å². The number of nitrogens with zero attached hydrogens (tertiary/aromatic N) is 1. The van der Waals surface area contributed by atoms with Crippen LogP contribution in [0.4, 0.5) is 4.79 Å². The number of rotatable bonds is 6. The maximum Gasteiger partial charge on any atom is 0.409 e. The van der Waals surface area contributed by atoms with Crippen molar-refractivity contribution < 1.29 is 9.53 Å². The molecule has 0 saturated carbocycles. The lowest BCUT2D eigenvalue weighted by molar-refractivity contribution is 0.0918. The summed E-state index contributed by atoms with van der Waals surface area (Å²) in [6.07, 6.45) is -0.292. The zero-order valence-electron chi connectivity index (χ0n) is 10.5. The quantitative estimate of drug-likeness (QED) is 0.729. The van der Waals surface area contributed by atoms with E-state index in [1.807, 2.05) is 27.7 Å². The van der Waals surface area contributed by atoms with E-state index < -0.39 is 0 Å². The van der Waals surface area contributed by atoms with E-state index in [0.717, 1.165) is 0 Å². The zero-order chi connectivity index (χ0) is 12.7. The van der Waals surface area contributed by atoms with Gasteiger partial charge in [0.05, 0.1) is 11.6 Å². The van der Waals surface area contributed by atoms with E-state index >= 15 is 0 Å². The number of hydrogen-bond acceptors (Lipinski definition) is 3. The van der Waals surface area contributed by atoms with Crippen molar-refractivity contribution in [3.63, 3.8) is 0 Å². The summed E-state index contributed by atoms with van der Waals surface area (Å²) in [4.78, 5) is 13.7. The van der Waals surface area contributed by atoms with Gasteiger partial charge in [-0.25, -0.2) is 4.79 Å². The first-order valence-electron chi connectivity index (χ1n) is 5.59. The first kappa shape index (κ1) is 15.2. The van der Waals surface area contributed by atoms with Crippen LogP contribution < -0.4 is 5.73 Å². The van der Waals surface area contributed by atoms with Crippen molar-refractivity contribution in [3.05, 3.63) is 0 Å². The van der Waals surface area contributed by atoms with E-state index in [9.17, 15) is 4.79 Å². The minimum Gasteiger partial charge on any atom is -0.449 e. The van der Waals surface area contributed by atoms with Crippen molar-refractivity contribution in [1.29, 1.82) is 0 Å². The summed E-state index contributed by atoms with van der Waals surface area (Å²) in [6.45, 7) is 9.37. The molecular formula is C11H22N2O2S. The predicted octanol–water partition coefficient (Wildman–Crippen LogP) is 2.02. The van der Waals surface area contributed by atoms with E-state index in [-0.39, 0.29) is 12.0 Å². The Morgan fingerprint density at radius 2 is 2.00 bits per heavy atom. The van der Waals surface area contributed by atoms with E-state index in [4.69, 9.17) is 22.7 Å². The monoisotopic (exact) mass is 246 g/mol. The molecule has 16 heavy (non-hydrogen) atoms. The van der Waals surface area contributed by atoms with E-state index in [1.54, 1.807) is 4.90 Å². The molecule has 0 fully saturated rings. The number of hydrogen-bond donors (Lipinski definition) is 1. The smallest absolute Gasteiger partial charge is 0.409 e. The molecule has 0 aromatic heterocycles. The van der Waals surface area contributed by atoms with Crippen LogP contribution in [-0.2, 0) is 4.74 Å². The van der Waals surface area contributed by atoms with Crippen molar-refractivity contribution >= 4 is 23.3 Å². The van der Waals surface area contributed by atoms with Gasteiger partial charge in [0, 0.05) is 19.0 Å². The van der Waals surface area contributed by atoms with Gasteiger partial charge >= 0.3 is 6.09 Å². The third-order valence-electron chi connectivity index (χ3n) is 2.16. The molecule has 0 aliphatic rings. The van der Waals surface area contributed by atoms with E-state index in [0.29, 0.717) is 30.6 Å². The third kappa shape index (κ3) is 5.90. The summed E-state index contributed by atoms with van der Waals surface area (Å²) in [5.74, 6) is 0.359. The maximum absolute atomic E-state index is 11.7. The van der Waals surface area contributed by atoms with Crippen LogP contribution in [0.25, 0.3) is 0 Å². The average molecular weight is 246 g/mol. The zero-order valence-corrected chi connectivity index (χ0v) is 11.3. The predicted molar refractivity (Wildman–Crippen MR) is 69.4 cm³/mol. The Morgan fingerprint density at radius 1 is 1.44 bits per heavy atom. The standard InChI is InChI=1S/C11H22N2O2S/c1-5-13(6-9(4)10(12)16)11(14)15-7-8(2)3/h8-9H,5-7H2,1-4H3,(H2,12,16). The van der Waals surface area contributed by atoms with Gasteiger partial charge in [-0.1, -0.05) is 33.0 Å². The highest BCUT2D eigenvalue weighted by atomic mass is 32.1. The number of nitrogens with two attached hydrogens (primary N) is 1. The maximum atomic E-state index is 11.7. The Labute approximate surface area is 103 Å². The van der Waals surface area contributed by atoms with Gasteiger partial charge in [-0.05, 0) is 12.8 Å². The molecule has 0 spiro atoms. The molecule has 5 heteroatoms. The van der Waals surface area contributed by atoms with Crippen LogP contribution in [-0.4, -0.2) is 35.7 Å². The topological polar surface area (TPSA) is 55.6 Å². The van der Waals surface area contributed by atoms with Crippen LogP contribution in [0.5, 0.6) is 0 Å². The first-order valence-corrected chi connectivity index (χ1v) is 6.00. The highest BCUT2D eigenvalue weighted by molar-refractivity contribution is 7.80. The Kier molecular flexibility index (Phi) is 7.05. The summed E-state index contributed by atoms with van der Waals surface area (Å²) in [7, 11) is 0. The Morgan fingerprint density at radius 3 is 2.38 bits per heavy atom. The molecule has 0 aromatic carbocycles. The van der Waals surface area contributed by atoms with Crippen LogP contribution >= 0.6 is 12.2 Å². The molecule has 2 N–H and O–H groups in total. The van der Waals surface area contributed by atoms with Crippen molar-refractivity contribution in [1.82, 2.24) is 4.90 Å². The SMILES string of the molecule is CCN(CC(C)C(N)=S)C(=O)OCC(C)C. The molecule has 1 amide bonds. The van der Waals surface area contributed by atoms with Gasteiger partial charge in [-0.2, -0.15) is 0 Å². The highest BCUT2D eigenvalue weighted by Crippen LogP contribution is 2.04. The fourth-order valence-corrected chi connectivity index (χ4v) is 1.16. The number of amides is 1. The van der Waals surface area contributed by atoms with Crippen LogP contribution in [0, 0.1) is 11.8 Å². The van der Waals surface area contributed by atoms with E-state index in [1.165, 1.54) is 0 Å². The van der Waals surface area contributed by atoms with Crippen LogP contribution in [0.15, 0.2) is 0 Å². The summed E-state index contributed by atoms with van der Waals surface area (Å²) in [5.41, 5.74) is 5.51. The molecular weight excluding hydrogens is 224 g/mol. The average Bonchev–Trinajstić information content (AvgIpc) is 2.21. The molecule has 1 unspecified atom stereocenters. The normalized spacial score (nSPS) is 12.3. The minimum atomic E-state index is -0.292. The Hall–Kier alpha value is -0.840. The highest BCUT2D eigenvalue weighted by Gasteiger charge is 2.17. The lowest BCUT2D eigenvalue weighted by Crippen LogP contribution is -2.38. The summed E-state index contributed by atoms with van der Waals surface area (Å²) < 4.78 is 5.14. The van der Waals surface area contributed by atoms with Gasteiger partial charge in [-0.3, -0.25) is 0 Å². The Bertz CT molecular complexity index is 244. The summed E-state index contributed by atoms with van der Waals surface area (Å²) in [5, 5.41) is 0. The van der Waals surface area contributed by atoms with Crippen LogP contribution in [0.1, 0.15) is 27.7 Å². The molecule has 0 aromatic rings. The summed E-state index contributed by atoms with van der Waals surface area (Å²) in [6, 6.07) is 0. The van der Waals surface area contributed by atoms with Crippen molar-refractivity contribution in [3.8, 4) is 0 Å². The van der Waals surface area contributed by atoms with Gasteiger partial charge in [-0.15, -0.1) is 0 Å². The van der Waals surface area contributed by atoms with Gasteiger partial charge < -0.3 is 15.4 Å². The molecule has 4 nitrogen and oxygen atoms in total. The first-order chi connectivity index (χ1) is 7.38. The minimum absolute atomic E-state index is 0.0153. The van der Waals surface area contributed by atoms with Gasteiger partial charge in [0.2, 0.25) is 0 Å². The molecule has 0 aliphatic heterocycles. The molecule has 0 rings (SSSR count). The lowest BCUT2D eigenvalue weighted by Gasteiger charge is -2.23. The van der Waals surface area contributed by atoms with Gasteiger partial charge in [0.1, 0.15) is 0 Å². The second-order valence-corrected chi connectivity index (χ2v) is 4.78. The fourth-order valence-electron chi connectivity index (χ4n) is 1.08. The number of ether oxygens (including phenoxy) is 1. The second kappa shape index (κ2) is 7.44. The van der Waals surface area contributed by atoms with E-state index in [2.05, 4.69) is 0 Å². The van der Waals surface area contributed by atoms with Gasteiger partial charge in [0.25, 0.3) is 0 Å². The lowest BCUT2D eigenvalue weighted by atomic mass is 10.2. The number of thiocarbonyl (C=S) groups is 1.